The molecule has 136 valence electrons. The molecular formula is C21H30N2O2. The van der Waals surface area contributed by atoms with Crippen LogP contribution in [0, 0.1) is 11.8 Å². The molecule has 4 rings (SSSR count). The summed E-state index contributed by atoms with van der Waals surface area (Å²) in [5, 5.41) is 0. The summed E-state index contributed by atoms with van der Waals surface area (Å²) in [6.45, 7) is 2.36. The number of fused-ring (bicyclic) bond motifs is 2. The average Bonchev–Trinajstić information content (AvgIpc) is 2.67. The van der Waals surface area contributed by atoms with Crippen LogP contribution in [-0.4, -0.2) is 41.2 Å². The summed E-state index contributed by atoms with van der Waals surface area (Å²) < 4.78 is 0. The third-order valence-corrected chi connectivity index (χ3v) is 6.54. The fourth-order valence-corrected chi connectivity index (χ4v) is 5.13. The molecular weight excluding hydrogens is 312 g/mol. The molecule has 4 heteroatoms. The summed E-state index contributed by atoms with van der Waals surface area (Å²) in [5.74, 6) is 1.27. The molecule has 0 radical (unpaired) electrons. The third-order valence-electron chi connectivity index (χ3n) is 6.54. The highest BCUT2D eigenvalue weighted by Gasteiger charge is 2.33. The van der Waals surface area contributed by atoms with Crippen molar-refractivity contribution in [2.75, 3.05) is 19.6 Å². The van der Waals surface area contributed by atoms with Gasteiger partial charge in [-0.25, -0.2) is 0 Å². The zero-order valence-electron chi connectivity index (χ0n) is 15.2. The second-order valence-corrected chi connectivity index (χ2v) is 8.13. The smallest absolute Gasteiger partial charge is 0.236 e. The quantitative estimate of drug-likeness (QED) is 0.568. The molecule has 2 atom stereocenters. The first-order chi connectivity index (χ1) is 12.2. The number of carbonyl (C=O) groups is 2. The normalized spacial score (nSPS) is 29.3. The summed E-state index contributed by atoms with van der Waals surface area (Å²) in [6.07, 6.45) is 15.2. The zero-order chi connectivity index (χ0) is 17.2. The minimum absolute atomic E-state index is 0.0163. The van der Waals surface area contributed by atoms with Gasteiger partial charge in [-0.05, 0) is 69.6 Å². The second kappa shape index (κ2) is 7.35. The van der Waals surface area contributed by atoms with Gasteiger partial charge in [0.1, 0.15) is 6.42 Å². The SMILES string of the molecule is O=C(CC(=O)N1CCCC2CCCC=C21)N1CCC2CCCC=C2C1. The lowest BCUT2D eigenvalue weighted by Gasteiger charge is -2.39. The Morgan fingerprint density at radius 1 is 0.880 bits per heavy atom. The molecule has 2 saturated heterocycles. The van der Waals surface area contributed by atoms with Gasteiger partial charge in [-0.2, -0.15) is 0 Å². The number of carbonyl (C=O) groups excluding carboxylic acids is 2. The maximum absolute atomic E-state index is 12.8. The third kappa shape index (κ3) is 3.54. The largest absolute Gasteiger partial charge is 0.338 e. The van der Waals surface area contributed by atoms with Gasteiger partial charge in [0.05, 0.1) is 0 Å². The van der Waals surface area contributed by atoms with Gasteiger partial charge in [0.25, 0.3) is 0 Å². The summed E-state index contributed by atoms with van der Waals surface area (Å²) in [6, 6.07) is 0. The van der Waals surface area contributed by atoms with Crippen molar-refractivity contribution in [3.63, 3.8) is 0 Å². The van der Waals surface area contributed by atoms with E-state index in [2.05, 4.69) is 12.2 Å². The first-order valence-corrected chi connectivity index (χ1v) is 10.2. The number of likely N-dealkylation sites (tertiary alicyclic amines) is 2. The Morgan fingerprint density at radius 2 is 1.64 bits per heavy atom. The molecule has 0 N–H and O–H groups in total. The van der Waals surface area contributed by atoms with Crippen molar-refractivity contribution in [1.82, 2.24) is 9.80 Å². The highest BCUT2D eigenvalue weighted by molar-refractivity contribution is 5.97. The highest BCUT2D eigenvalue weighted by atomic mass is 16.2. The number of amides is 2. The van der Waals surface area contributed by atoms with Gasteiger partial charge in [-0.1, -0.05) is 17.7 Å². The van der Waals surface area contributed by atoms with E-state index in [1.807, 2.05) is 9.80 Å². The van der Waals surface area contributed by atoms with E-state index >= 15 is 0 Å². The van der Waals surface area contributed by atoms with Crippen LogP contribution in [0.25, 0.3) is 0 Å². The van der Waals surface area contributed by atoms with Crippen molar-refractivity contribution in [2.45, 2.75) is 64.2 Å². The van der Waals surface area contributed by atoms with E-state index in [9.17, 15) is 9.59 Å². The van der Waals surface area contributed by atoms with E-state index in [-0.39, 0.29) is 18.2 Å². The molecule has 2 aliphatic heterocycles. The Balaban J connectivity index is 1.38. The minimum Gasteiger partial charge on any atom is -0.338 e. The molecule has 0 saturated carbocycles. The van der Waals surface area contributed by atoms with Crippen molar-refractivity contribution in [3.05, 3.63) is 23.4 Å². The van der Waals surface area contributed by atoms with Gasteiger partial charge in [0.2, 0.25) is 11.8 Å². The molecule has 4 aliphatic rings. The fourth-order valence-electron chi connectivity index (χ4n) is 5.13. The van der Waals surface area contributed by atoms with Crippen molar-refractivity contribution < 1.29 is 9.59 Å². The van der Waals surface area contributed by atoms with Crippen LogP contribution in [0.15, 0.2) is 23.4 Å². The maximum Gasteiger partial charge on any atom is 0.236 e. The van der Waals surface area contributed by atoms with Crippen molar-refractivity contribution in [1.29, 1.82) is 0 Å². The molecule has 25 heavy (non-hydrogen) atoms. The predicted molar refractivity (Wildman–Crippen MR) is 97.6 cm³/mol. The molecule has 2 heterocycles. The number of rotatable bonds is 2. The van der Waals surface area contributed by atoms with Crippen LogP contribution in [0.5, 0.6) is 0 Å². The van der Waals surface area contributed by atoms with Gasteiger partial charge >= 0.3 is 0 Å². The van der Waals surface area contributed by atoms with Crippen LogP contribution >= 0.6 is 0 Å². The molecule has 2 unspecified atom stereocenters. The standard InChI is InChI=1S/C21H30N2O2/c24-20(22-13-11-16-6-1-2-8-18(16)15-22)14-21(25)23-12-5-9-17-7-3-4-10-19(17)23/h8,10,16-17H,1-7,9,11-15H2. The summed E-state index contributed by atoms with van der Waals surface area (Å²) in [5.41, 5.74) is 2.65. The molecule has 4 nitrogen and oxygen atoms in total. The molecule has 2 amide bonds. The molecule has 0 aromatic rings. The molecule has 0 aromatic carbocycles. The molecule has 0 spiro atoms. The topological polar surface area (TPSA) is 40.6 Å². The van der Waals surface area contributed by atoms with Crippen LogP contribution in [-0.2, 0) is 9.59 Å². The van der Waals surface area contributed by atoms with Crippen LogP contribution in [0.3, 0.4) is 0 Å². The summed E-state index contributed by atoms with van der Waals surface area (Å²) >= 11 is 0. The van der Waals surface area contributed by atoms with E-state index < -0.39 is 0 Å². The number of allylic oxidation sites excluding steroid dienone is 3. The van der Waals surface area contributed by atoms with Crippen molar-refractivity contribution in [2.24, 2.45) is 11.8 Å². The Hall–Kier alpha value is -1.58. The van der Waals surface area contributed by atoms with E-state index in [1.165, 1.54) is 43.4 Å². The van der Waals surface area contributed by atoms with Crippen molar-refractivity contribution >= 4 is 11.8 Å². The van der Waals surface area contributed by atoms with E-state index in [1.54, 1.807) is 0 Å². The number of nitrogens with zero attached hydrogens (tertiary/aromatic N) is 2. The number of hydrogen-bond donors (Lipinski definition) is 0. The van der Waals surface area contributed by atoms with Gasteiger partial charge in [0.15, 0.2) is 0 Å². The van der Waals surface area contributed by atoms with Crippen molar-refractivity contribution in [3.8, 4) is 0 Å². The fraction of sp³-hybridized carbons (Fsp3) is 0.714. The molecule has 2 aliphatic carbocycles. The lowest BCUT2D eigenvalue weighted by atomic mass is 9.82. The Labute approximate surface area is 150 Å². The van der Waals surface area contributed by atoms with Crippen LogP contribution in [0.2, 0.25) is 0 Å². The van der Waals surface area contributed by atoms with E-state index in [0.29, 0.717) is 11.8 Å². The monoisotopic (exact) mass is 342 g/mol. The predicted octanol–water partition coefficient (Wildman–Crippen LogP) is 3.64. The first-order valence-electron chi connectivity index (χ1n) is 10.2. The minimum atomic E-state index is 0.0163. The van der Waals surface area contributed by atoms with Crippen LogP contribution < -0.4 is 0 Å². The van der Waals surface area contributed by atoms with Crippen LogP contribution in [0.4, 0.5) is 0 Å². The Bertz CT molecular complexity index is 607. The second-order valence-electron chi connectivity index (χ2n) is 8.13. The highest BCUT2D eigenvalue weighted by Crippen LogP contribution is 2.36. The maximum atomic E-state index is 12.8. The van der Waals surface area contributed by atoms with Crippen LogP contribution in [0.1, 0.15) is 64.2 Å². The lowest BCUT2D eigenvalue weighted by molar-refractivity contribution is -0.140. The first kappa shape index (κ1) is 16.9. The molecule has 0 bridgehead atoms. The molecule has 2 fully saturated rings. The molecule has 0 aromatic heterocycles. The average molecular weight is 342 g/mol. The lowest BCUT2D eigenvalue weighted by Crippen LogP contribution is -2.44. The Morgan fingerprint density at radius 3 is 2.52 bits per heavy atom. The van der Waals surface area contributed by atoms with Gasteiger partial charge in [-0.3, -0.25) is 9.59 Å². The van der Waals surface area contributed by atoms with E-state index in [4.69, 9.17) is 0 Å². The van der Waals surface area contributed by atoms with E-state index in [0.717, 1.165) is 45.3 Å². The Kier molecular flexibility index (Phi) is 4.96. The summed E-state index contributed by atoms with van der Waals surface area (Å²) in [4.78, 5) is 29.4. The van der Waals surface area contributed by atoms with Gasteiger partial charge in [-0.15, -0.1) is 0 Å². The number of hydrogen-bond acceptors (Lipinski definition) is 2. The summed E-state index contributed by atoms with van der Waals surface area (Å²) in [7, 11) is 0. The zero-order valence-corrected chi connectivity index (χ0v) is 15.2. The van der Waals surface area contributed by atoms with Gasteiger partial charge < -0.3 is 9.80 Å². The number of piperidine rings is 2. The van der Waals surface area contributed by atoms with Gasteiger partial charge in [0, 0.05) is 25.3 Å².